The summed E-state index contributed by atoms with van der Waals surface area (Å²) >= 11 is 0. The molecule has 4 rings (SSSR count). The standard InChI is InChI=1S/C25H33N5O3/c1-3-4-5-18-6-8-20(9-7-18)25(31)26-16-17-33-23-15-14-22-27-28-24(30(22)29-23)19-10-12-21(32-2)13-11-19/h10-15,18,20H,3-9,16-17H2,1-2H3,(H,26,31). The second-order valence-corrected chi connectivity index (χ2v) is 8.69. The third kappa shape index (κ3) is 5.80. The van der Waals surface area contributed by atoms with Crippen molar-refractivity contribution >= 4 is 11.6 Å². The van der Waals surface area contributed by atoms with Crippen molar-refractivity contribution in [3.8, 4) is 23.0 Å². The first-order chi connectivity index (χ1) is 16.2. The third-order valence-corrected chi connectivity index (χ3v) is 6.42. The van der Waals surface area contributed by atoms with Crippen molar-refractivity contribution in [2.45, 2.75) is 51.9 Å². The molecule has 0 radical (unpaired) electrons. The zero-order valence-corrected chi connectivity index (χ0v) is 19.5. The Morgan fingerprint density at radius 3 is 2.61 bits per heavy atom. The van der Waals surface area contributed by atoms with Crippen molar-refractivity contribution in [1.82, 2.24) is 25.1 Å². The largest absolute Gasteiger partial charge is 0.497 e. The number of hydrogen-bond donors (Lipinski definition) is 1. The number of unbranched alkanes of at least 4 members (excludes halogenated alkanes) is 1. The van der Waals surface area contributed by atoms with Crippen molar-refractivity contribution in [2.75, 3.05) is 20.3 Å². The highest BCUT2D eigenvalue weighted by Gasteiger charge is 2.25. The minimum atomic E-state index is 0.140. The van der Waals surface area contributed by atoms with Crippen LogP contribution in [-0.2, 0) is 4.79 Å². The molecule has 0 bridgehead atoms. The lowest BCUT2D eigenvalue weighted by Crippen LogP contribution is -2.35. The number of hydrogen-bond acceptors (Lipinski definition) is 6. The van der Waals surface area contributed by atoms with E-state index in [2.05, 4.69) is 27.5 Å². The number of nitrogens with zero attached hydrogens (tertiary/aromatic N) is 4. The Bertz CT molecular complexity index is 1040. The number of carbonyl (C=O) groups is 1. The van der Waals surface area contributed by atoms with E-state index < -0.39 is 0 Å². The van der Waals surface area contributed by atoms with E-state index in [0.29, 0.717) is 30.5 Å². The van der Waals surface area contributed by atoms with E-state index in [9.17, 15) is 4.79 Å². The molecule has 1 aliphatic rings. The van der Waals surface area contributed by atoms with Gasteiger partial charge in [-0.1, -0.05) is 26.2 Å². The highest BCUT2D eigenvalue weighted by molar-refractivity contribution is 5.78. The van der Waals surface area contributed by atoms with Crippen molar-refractivity contribution in [2.24, 2.45) is 11.8 Å². The van der Waals surface area contributed by atoms with Crippen LogP contribution in [0.15, 0.2) is 36.4 Å². The van der Waals surface area contributed by atoms with Gasteiger partial charge in [0.2, 0.25) is 11.8 Å². The summed E-state index contributed by atoms with van der Waals surface area (Å²) in [6.07, 6.45) is 8.21. The van der Waals surface area contributed by atoms with E-state index >= 15 is 0 Å². The molecule has 8 nitrogen and oxygen atoms in total. The molecule has 2 aromatic heterocycles. The van der Waals surface area contributed by atoms with E-state index in [0.717, 1.165) is 30.1 Å². The molecule has 33 heavy (non-hydrogen) atoms. The van der Waals surface area contributed by atoms with Gasteiger partial charge < -0.3 is 14.8 Å². The average molecular weight is 452 g/mol. The van der Waals surface area contributed by atoms with Crippen LogP contribution in [0.5, 0.6) is 11.6 Å². The number of rotatable bonds is 10. The van der Waals surface area contributed by atoms with E-state index in [4.69, 9.17) is 9.47 Å². The molecule has 0 spiro atoms. The van der Waals surface area contributed by atoms with Gasteiger partial charge in [0.15, 0.2) is 11.5 Å². The predicted molar refractivity (Wildman–Crippen MR) is 126 cm³/mol. The fourth-order valence-corrected chi connectivity index (χ4v) is 4.45. The van der Waals surface area contributed by atoms with Gasteiger partial charge in [0, 0.05) is 17.5 Å². The molecular weight excluding hydrogens is 418 g/mol. The Labute approximate surface area is 194 Å². The predicted octanol–water partition coefficient (Wildman–Crippen LogP) is 4.29. The molecule has 1 saturated carbocycles. The van der Waals surface area contributed by atoms with E-state index in [1.165, 1.54) is 32.1 Å². The zero-order chi connectivity index (χ0) is 23.0. The summed E-state index contributed by atoms with van der Waals surface area (Å²) in [7, 11) is 1.63. The number of amides is 1. The molecule has 1 aromatic carbocycles. The van der Waals surface area contributed by atoms with Crippen LogP contribution in [0.25, 0.3) is 17.0 Å². The van der Waals surface area contributed by atoms with Gasteiger partial charge in [-0.25, -0.2) is 0 Å². The number of aromatic nitrogens is 4. The van der Waals surface area contributed by atoms with Crippen LogP contribution in [0.3, 0.4) is 0 Å². The molecule has 3 aromatic rings. The van der Waals surface area contributed by atoms with Gasteiger partial charge in [-0.2, -0.15) is 4.52 Å². The monoisotopic (exact) mass is 451 g/mol. The summed E-state index contributed by atoms with van der Waals surface area (Å²) in [4.78, 5) is 12.5. The molecule has 1 aliphatic carbocycles. The maximum Gasteiger partial charge on any atom is 0.231 e. The van der Waals surface area contributed by atoms with Gasteiger partial charge >= 0.3 is 0 Å². The van der Waals surface area contributed by atoms with Crippen LogP contribution in [0.4, 0.5) is 0 Å². The molecular formula is C25H33N5O3. The van der Waals surface area contributed by atoms with Crippen LogP contribution in [-0.4, -0.2) is 46.0 Å². The Hall–Kier alpha value is -3.16. The molecule has 1 fully saturated rings. The Morgan fingerprint density at radius 2 is 1.88 bits per heavy atom. The topological polar surface area (TPSA) is 90.6 Å². The van der Waals surface area contributed by atoms with Gasteiger partial charge in [-0.05, 0) is 61.9 Å². The molecule has 176 valence electrons. The molecule has 8 heteroatoms. The summed E-state index contributed by atoms with van der Waals surface area (Å²) in [6, 6.07) is 11.2. The first-order valence-electron chi connectivity index (χ1n) is 11.9. The summed E-state index contributed by atoms with van der Waals surface area (Å²) in [6.45, 7) is 3.05. The smallest absolute Gasteiger partial charge is 0.231 e. The quantitative estimate of drug-likeness (QED) is 0.463. The van der Waals surface area contributed by atoms with Gasteiger partial charge in [-0.3, -0.25) is 4.79 Å². The Morgan fingerprint density at radius 1 is 1.09 bits per heavy atom. The van der Waals surface area contributed by atoms with Crippen LogP contribution in [0, 0.1) is 11.8 Å². The van der Waals surface area contributed by atoms with Gasteiger partial charge in [0.25, 0.3) is 0 Å². The summed E-state index contributed by atoms with van der Waals surface area (Å²) < 4.78 is 12.7. The lowest BCUT2D eigenvalue weighted by Gasteiger charge is -2.27. The van der Waals surface area contributed by atoms with Crippen LogP contribution in [0.2, 0.25) is 0 Å². The van der Waals surface area contributed by atoms with Crippen LogP contribution < -0.4 is 14.8 Å². The Balaban J connectivity index is 1.27. The molecule has 1 N–H and O–H groups in total. The second-order valence-electron chi connectivity index (χ2n) is 8.69. The van der Waals surface area contributed by atoms with Gasteiger partial charge in [-0.15, -0.1) is 15.3 Å². The number of methoxy groups -OCH3 is 1. The summed E-state index contributed by atoms with van der Waals surface area (Å²) in [5, 5.41) is 16.0. The van der Waals surface area contributed by atoms with Crippen molar-refractivity contribution < 1.29 is 14.3 Å². The number of ether oxygens (including phenoxy) is 2. The van der Waals surface area contributed by atoms with Crippen molar-refractivity contribution in [3.05, 3.63) is 36.4 Å². The lowest BCUT2D eigenvalue weighted by atomic mass is 9.79. The van der Waals surface area contributed by atoms with E-state index in [1.54, 1.807) is 17.7 Å². The van der Waals surface area contributed by atoms with Crippen LogP contribution >= 0.6 is 0 Å². The SMILES string of the molecule is CCCCC1CCC(C(=O)NCCOc2ccc3nnc(-c4ccc(OC)cc4)n3n2)CC1. The average Bonchev–Trinajstić information content (AvgIpc) is 3.29. The van der Waals surface area contributed by atoms with Crippen molar-refractivity contribution in [1.29, 1.82) is 0 Å². The highest BCUT2D eigenvalue weighted by Crippen LogP contribution is 2.32. The van der Waals surface area contributed by atoms with Gasteiger partial charge in [0.05, 0.1) is 13.7 Å². The minimum absolute atomic E-state index is 0.140. The number of fused-ring (bicyclic) bond motifs is 1. The molecule has 0 atom stereocenters. The van der Waals surface area contributed by atoms with Gasteiger partial charge in [0.1, 0.15) is 12.4 Å². The lowest BCUT2D eigenvalue weighted by molar-refractivity contribution is -0.126. The minimum Gasteiger partial charge on any atom is -0.497 e. The summed E-state index contributed by atoms with van der Waals surface area (Å²) in [5.74, 6) is 2.96. The maximum absolute atomic E-state index is 12.5. The molecule has 1 amide bonds. The normalized spacial score (nSPS) is 18.2. The number of carbonyl (C=O) groups excluding carboxylic acids is 1. The Kier molecular flexibility index (Phi) is 7.75. The molecule has 0 saturated heterocycles. The second kappa shape index (κ2) is 11.1. The van der Waals surface area contributed by atoms with Crippen molar-refractivity contribution in [3.63, 3.8) is 0 Å². The van der Waals surface area contributed by atoms with E-state index in [-0.39, 0.29) is 11.8 Å². The fraction of sp³-hybridized carbons (Fsp3) is 0.520. The first kappa shape index (κ1) is 23.0. The van der Waals surface area contributed by atoms with E-state index in [1.807, 2.05) is 30.3 Å². The van der Waals surface area contributed by atoms with Crippen LogP contribution in [0.1, 0.15) is 51.9 Å². The zero-order valence-electron chi connectivity index (χ0n) is 19.5. The highest BCUT2D eigenvalue weighted by atomic mass is 16.5. The molecule has 2 heterocycles. The number of nitrogens with one attached hydrogen (secondary N) is 1. The molecule has 0 aliphatic heterocycles. The summed E-state index contributed by atoms with van der Waals surface area (Å²) in [5.41, 5.74) is 1.51. The fourth-order valence-electron chi connectivity index (χ4n) is 4.45. The number of benzene rings is 1. The molecule has 0 unspecified atom stereocenters. The maximum atomic E-state index is 12.5. The third-order valence-electron chi connectivity index (χ3n) is 6.42. The first-order valence-corrected chi connectivity index (χ1v) is 11.9.